The molecule has 1 fully saturated rings. The van der Waals surface area contributed by atoms with Gasteiger partial charge in [0.15, 0.2) is 0 Å². The molecular weight excluding hydrogens is 203 g/mol. The summed E-state index contributed by atoms with van der Waals surface area (Å²) in [5.41, 5.74) is 6.52. The van der Waals surface area contributed by atoms with Gasteiger partial charge in [0.25, 0.3) is 0 Å². The molecule has 1 atom stereocenters. The van der Waals surface area contributed by atoms with Crippen molar-refractivity contribution in [3.05, 3.63) is 35.8 Å². The summed E-state index contributed by atoms with van der Waals surface area (Å²) in [5, 5.41) is 0. The summed E-state index contributed by atoms with van der Waals surface area (Å²) in [7, 11) is 1.72. The zero-order valence-corrected chi connectivity index (χ0v) is 9.67. The van der Waals surface area contributed by atoms with Crippen LogP contribution in [0.3, 0.4) is 0 Å². The van der Waals surface area contributed by atoms with Crippen molar-refractivity contribution >= 4 is 0 Å². The maximum Gasteiger partial charge on any atom is 0.121 e. The Morgan fingerprint density at radius 2 is 2.38 bits per heavy atom. The summed E-state index contributed by atoms with van der Waals surface area (Å²) in [6.45, 7) is 0. The molecule has 0 radical (unpaired) electrons. The minimum absolute atomic E-state index is 0.120. The van der Waals surface area contributed by atoms with Crippen molar-refractivity contribution in [1.29, 1.82) is 0 Å². The number of allylic oxidation sites excluding steroid dienone is 5. The van der Waals surface area contributed by atoms with Crippen LogP contribution in [0.25, 0.3) is 0 Å². The predicted molar refractivity (Wildman–Crippen MR) is 64.1 cm³/mol. The Balaban J connectivity index is 1.85. The highest BCUT2D eigenvalue weighted by Crippen LogP contribution is 2.42. The van der Waals surface area contributed by atoms with Crippen molar-refractivity contribution in [2.45, 2.75) is 25.7 Å². The van der Waals surface area contributed by atoms with Crippen LogP contribution >= 0.6 is 0 Å². The molecule has 88 valence electrons. The second-order valence-corrected chi connectivity index (χ2v) is 4.58. The lowest BCUT2D eigenvalue weighted by Crippen LogP contribution is -2.21. The molecule has 1 saturated carbocycles. The van der Waals surface area contributed by atoms with Crippen molar-refractivity contribution in [3.8, 4) is 0 Å². The topological polar surface area (TPSA) is 24.1 Å². The lowest BCUT2D eigenvalue weighted by molar-refractivity contribution is 0.530. The Labute approximate surface area is 96.3 Å². The van der Waals surface area contributed by atoms with Gasteiger partial charge in [-0.05, 0) is 31.1 Å². The fourth-order valence-electron chi connectivity index (χ4n) is 2.17. The molecule has 0 bridgehead atoms. The van der Waals surface area contributed by atoms with E-state index in [1.807, 2.05) is 6.08 Å². The van der Waals surface area contributed by atoms with Crippen LogP contribution in [0.4, 0.5) is 4.39 Å². The third-order valence-electron chi connectivity index (χ3n) is 3.18. The van der Waals surface area contributed by atoms with E-state index in [0.717, 1.165) is 12.3 Å². The average molecular weight is 222 g/mol. The molecule has 16 heavy (non-hydrogen) atoms. The number of rotatable bonds is 5. The number of halogens is 1. The van der Waals surface area contributed by atoms with Crippen LogP contribution in [0.1, 0.15) is 25.7 Å². The Hall–Kier alpha value is -1.09. The van der Waals surface area contributed by atoms with Crippen molar-refractivity contribution in [3.63, 3.8) is 0 Å². The van der Waals surface area contributed by atoms with Crippen LogP contribution in [0.15, 0.2) is 35.8 Å². The average Bonchev–Trinajstić information content (AvgIpc) is 3.10. The van der Waals surface area contributed by atoms with Gasteiger partial charge in [0.2, 0.25) is 0 Å². The Kier molecular flexibility index (Phi) is 3.78. The lowest BCUT2D eigenvalue weighted by atomic mass is 9.89. The lowest BCUT2D eigenvalue weighted by Gasteiger charge is -2.17. The van der Waals surface area contributed by atoms with Gasteiger partial charge in [-0.3, -0.25) is 0 Å². The molecule has 0 aliphatic heterocycles. The van der Waals surface area contributed by atoms with Gasteiger partial charge in [-0.2, -0.15) is 0 Å². The van der Waals surface area contributed by atoms with Gasteiger partial charge in [0.05, 0.1) is 0 Å². The van der Waals surface area contributed by atoms with Crippen molar-refractivity contribution < 1.29 is 4.39 Å². The molecule has 0 spiro atoms. The first-order chi connectivity index (χ1) is 7.79. The van der Waals surface area contributed by atoms with Crippen LogP contribution < -0.4 is 10.9 Å². The summed E-state index contributed by atoms with van der Waals surface area (Å²) in [6, 6.07) is 0. The van der Waals surface area contributed by atoms with E-state index in [9.17, 15) is 4.39 Å². The molecule has 0 aromatic carbocycles. The van der Waals surface area contributed by atoms with Gasteiger partial charge in [0, 0.05) is 19.7 Å². The molecule has 3 heteroatoms. The van der Waals surface area contributed by atoms with Crippen LogP contribution in [0.2, 0.25) is 0 Å². The van der Waals surface area contributed by atoms with E-state index in [1.165, 1.54) is 24.6 Å². The van der Waals surface area contributed by atoms with Gasteiger partial charge in [-0.25, -0.2) is 9.82 Å². The fourth-order valence-corrected chi connectivity index (χ4v) is 2.17. The molecule has 0 saturated heterocycles. The quantitative estimate of drug-likeness (QED) is 0.699. The van der Waals surface area contributed by atoms with Crippen LogP contribution in [-0.4, -0.2) is 7.05 Å². The van der Waals surface area contributed by atoms with E-state index in [4.69, 9.17) is 0 Å². The molecular formula is C13H19FN2. The van der Waals surface area contributed by atoms with E-state index in [0.29, 0.717) is 12.3 Å². The van der Waals surface area contributed by atoms with Gasteiger partial charge < -0.3 is 5.43 Å². The molecule has 0 amide bonds. The van der Waals surface area contributed by atoms with Crippen molar-refractivity contribution in [2.75, 3.05) is 7.05 Å². The van der Waals surface area contributed by atoms with E-state index in [1.54, 1.807) is 7.05 Å². The number of hydrazine groups is 1. The highest BCUT2D eigenvalue weighted by Gasteiger charge is 2.30. The summed E-state index contributed by atoms with van der Waals surface area (Å²) in [4.78, 5) is 0. The maximum atomic E-state index is 13.4. The maximum absolute atomic E-state index is 13.4. The second kappa shape index (κ2) is 5.30. The SMILES string of the molecule is CNN/C=C(/F)CC1=CC=CC(C2CC2)C1. The normalized spacial score (nSPS) is 25.5. The van der Waals surface area contributed by atoms with Crippen molar-refractivity contribution in [2.24, 2.45) is 11.8 Å². The van der Waals surface area contributed by atoms with E-state index in [-0.39, 0.29) is 5.83 Å². The molecule has 2 aliphatic carbocycles. The summed E-state index contributed by atoms with van der Waals surface area (Å²) >= 11 is 0. The van der Waals surface area contributed by atoms with Crippen LogP contribution in [0.5, 0.6) is 0 Å². The van der Waals surface area contributed by atoms with Crippen molar-refractivity contribution in [1.82, 2.24) is 10.9 Å². The Morgan fingerprint density at radius 3 is 3.06 bits per heavy atom. The van der Waals surface area contributed by atoms with Gasteiger partial charge in [-0.1, -0.05) is 23.8 Å². The number of hydrogen-bond acceptors (Lipinski definition) is 2. The molecule has 0 aromatic rings. The zero-order valence-electron chi connectivity index (χ0n) is 9.67. The first-order valence-corrected chi connectivity index (χ1v) is 5.92. The number of hydrogen-bond donors (Lipinski definition) is 2. The molecule has 1 unspecified atom stereocenters. The Morgan fingerprint density at radius 1 is 1.56 bits per heavy atom. The third-order valence-corrected chi connectivity index (χ3v) is 3.18. The van der Waals surface area contributed by atoms with E-state index >= 15 is 0 Å². The van der Waals surface area contributed by atoms with Gasteiger partial charge in [-0.15, -0.1) is 0 Å². The highest BCUT2D eigenvalue weighted by atomic mass is 19.1. The Bertz CT molecular complexity index is 327. The number of nitrogens with one attached hydrogen (secondary N) is 2. The minimum atomic E-state index is -0.120. The molecule has 2 rings (SSSR count). The predicted octanol–water partition coefficient (Wildman–Crippen LogP) is 2.82. The molecule has 0 heterocycles. The van der Waals surface area contributed by atoms with E-state index < -0.39 is 0 Å². The third kappa shape index (κ3) is 3.20. The first kappa shape index (κ1) is 11.4. The standard InChI is InChI=1S/C13H19FN2/c1-15-16-9-13(14)8-10-3-2-4-12(7-10)11-5-6-11/h2-4,9,11-12,15-16H,5-8H2,1H3/b13-9+. The summed E-state index contributed by atoms with van der Waals surface area (Å²) < 4.78 is 13.4. The molecule has 2 N–H and O–H groups in total. The molecule has 2 aliphatic rings. The molecule has 0 aromatic heterocycles. The fraction of sp³-hybridized carbons (Fsp3) is 0.538. The van der Waals surface area contributed by atoms with Gasteiger partial charge in [0.1, 0.15) is 5.83 Å². The van der Waals surface area contributed by atoms with Crippen LogP contribution in [-0.2, 0) is 0 Å². The highest BCUT2D eigenvalue weighted by molar-refractivity contribution is 5.24. The second-order valence-electron chi connectivity index (χ2n) is 4.58. The zero-order chi connectivity index (χ0) is 11.4. The minimum Gasteiger partial charge on any atom is -0.326 e. The first-order valence-electron chi connectivity index (χ1n) is 5.92. The molecule has 2 nitrogen and oxygen atoms in total. The summed E-state index contributed by atoms with van der Waals surface area (Å²) in [5.74, 6) is 1.40. The largest absolute Gasteiger partial charge is 0.326 e. The van der Waals surface area contributed by atoms with E-state index in [2.05, 4.69) is 23.0 Å². The van der Waals surface area contributed by atoms with Gasteiger partial charge >= 0.3 is 0 Å². The smallest absolute Gasteiger partial charge is 0.121 e. The monoisotopic (exact) mass is 222 g/mol. The van der Waals surface area contributed by atoms with Crippen LogP contribution in [0, 0.1) is 11.8 Å². The summed E-state index contributed by atoms with van der Waals surface area (Å²) in [6.07, 6.45) is 11.9.